The second-order valence-electron chi connectivity index (χ2n) is 10.3. The molecule has 0 saturated heterocycles. The van der Waals surface area contributed by atoms with Gasteiger partial charge >= 0.3 is 18.4 Å². The van der Waals surface area contributed by atoms with Gasteiger partial charge in [0.25, 0.3) is 0 Å². The lowest BCUT2D eigenvalue weighted by Crippen LogP contribution is -2.39. The summed E-state index contributed by atoms with van der Waals surface area (Å²) in [5, 5.41) is 14.5. The zero-order valence-corrected chi connectivity index (χ0v) is 22.2. The summed E-state index contributed by atoms with van der Waals surface area (Å²) in [7, 11) is 2.84. The number of hydrogen-bond donors (Lipinski definition) is 1. The maximum Gasteiger partial charge on any atom is 0.420 e. The number of likely N-dealkylation sites (N-methyl/N-ethyl adjacent to an activating group) is 1. The van der Waals surface area contributed by atoms with Crippen LogP contribution in [0.2, 0.25) is 0 Å². The molecule has 0 bridgehead atoms. The van der Waals surface area contributed by atoms with E-state index in [1.165, 1.54) is 23.0 Å². The van der Waals surface area contributed by atoms with E-state index in [0.717, 1.165) is 43.1 Å². The highest BCUT2D eigenvalue weighted by Gasteiger charge is 2.46. The third-order valence-corrected chi connectivity index (χ3v) is 7.10. The molecule has 1 aliphatic rings. The third-order valence-electron chi connectivity index (χ3n) is 7.10. The molecule has 7 nitrogen and oxygen atoms in total. The van der Waals surface area contributed by atoms with E-state index in [-0.39, 0.29) is 29.3 Å². The van der Waals surface area contributed by atoms with E-state index in [9.17, 15) is 40.6 Å². The predicted octanol–water partition coefficient (Wildman–Crippen LogP) is 6.41. The van der Waals surface area contributed by atoms with Crippen LogP contribution in [0.25, 0.3) is 11.1 Å². The molecule has 1 N–H and O–H groups in total. The fraction of sp³-hybridized carbons (Fsp3) is 0.407. The maximum absolute atomic E-state index is 14.1. The third kappa shape index (κ3) is 6.81. The molecule has 1 unspecified atom stereocenters. The topological polar surface area (TPSA) is 70.8 Å². The van der Waals surface area contributed by atoms with Crippen molar-refractivity contribution in [2.24, 2.45) is 5.41 Å². The van der Waals surface area contributed by atoms with E-state index >= 15 is 0 Å². The van der Waals surface area contributed by atoms with Crippen LogP contribution in [-0.2, 0) is 18.9 Å². The van der Waals surface area contributed by atoms with Crippen LogP contribution >= 0.6 is 0 Å². The van der Waals surface area contributed by atoms with Gasteiger partial charge in [-0.25, -0.2) is 9.18 Å². The van der Waals surface area contributed by atoms with Crippen molar-refractivity contribution in [3.05, 3.63) is 65.7 Å². The Bertz CT molecular complexity index is 1400. The first-order valence-corrected chi connectivity index (χ1v) is 12.4. The number of carbonyl (C=O) groups is 1. The molecule has 1 aliphatic carbocycles. The first kappa shape index (κ1) is 30.3. The molecule has 4 rings (SSSR count). The molecule has 1 fully saturated rings. The lowest BCUT2D eigenvalue weighted by Gasteiger charge is -2.28. The minimum absolute atomic E-state index is 0.0672. The largest absolute Gasteiger partial charge is 0.420 e. The lowest BCUT2D eigenvalue weighted by atomic mass is 9.99. The molecule has 1 saturated carbocycles. The average molecular weight is 589 g/mol. The number of aliphatic hydroxyl groups excluding tert-OH is 1. The van der Waals surface area contributed by atoms with Crippen LogP contribution in [0.1, 0.15) is 30.9 Å². The van der Waals surface area contributed by atoms with Crippen molar-refractivity contribution in [3.63, 3.8) is 0 Å². The van der Waals surface area contributed by atoms with Crippen LogP contribution < -0.4 is 9.64 Å². The van der Waals surface area contributed by atoms with Gasteiger partial charge in [-0.3, -0.25) is 14.5 Å². The summed E-state index contributed by atoms with van der Waals surface area (Å²) >= 11 is 0. The van der Waals surface area contributed by atoms with Gasteiger partial charge in [0.1, 0.15) is 12.0 Å². The van der Waals surface area contributed by atoms with E-state index in [0.29, 0.717) is 12.6 Å². The highest BCUT2D eigenvalue weighted by atomic mass is 19.4. The Kier molecular flexibility index (Phi) is 8.11. The molecule has 222 valence electrons. The summed E-state index contributed by atoms with van der Waals surface area (Å²) in [5.41, 5.74) is -4.38. The molecule has 0 aliphatic heterocycles. The number of halogens is 7. The van der Waals surface area contributed by atoms with Crippen molar-refractivity contribution in [2.45, 2.75) is 44.9 Å². The zero-order valence-electron chi connectivity index (χ0n) is 22.2. The Morgan fingerprint density at radius 3 is 2.29 bits per heavy atom. The first-order chi connectivity index (χ1) is 19.0. The Morgan fingerprint density at radius 2 is 1.73 bits per heavy atom. The van der Waals surface area contributed by atoms with Gasteiger partial charge in [-0.1, -0.05) is 6.92 Å². The number of alkyl halides is 6. The Hall–Kier alpha value is -3.65. The SMILES string of the molecule is CN(C(=O)Oc1c(-c2cnn(CCN(C)C(O)C3(C)CC3)c2)cc(C(F)(F)F)cc1C(F)(F)F)c1ccc(F)cc1. The van der Waals surface area contributed by atoms with Crippen molar-refractivity contribution < 1.29 is 45.4 Å². The van der Waals surface area contributed by atoms with Crippen LogP contribution in [0.15, 0.2) is 48.8 Å². The molecule has 0 spiro atoms. The molecule has 1 atom stereocenters. The normalized spacial score (nSPS) is 15.6. The fourth-order valence-corrected chi connectivity index (χ4v) is 4.25. The summed E-state index contributed by atoms with van der Waals surface area (Å²) in [6.07, 6.45) is -8.52. The van der Waals surface area contributed by atoms with E-state index in [1.807, 2.05) is 6.92 Å². The number of aromatic nitrogens is 2. The van der Waals surface area contributed by atoms with E-state index < -0.39 is 52.9 Å². The van der Waals surface area contributed by atoms with E-state index in [2.05, 4.69) is 5.10 Å². The van der Waals surface area contributed by atoms with Crippen molar-refractivity contribution in [1.82, 2.24) is 14.7 Å². The number of hydrogen-bond acceptors (Lipinski definition) is 5. The van der Waals surface area contributed by atoms with E-state index in [4.69, 9.17) is 4.74 Å². The van der Waals surface area contributed by atoms with Gasteiger partial charge in [-0.05, 0) is 56.3 Å². The van der Waals surface area contributed by atoms with Gasteiger partial charge in [0.2, 0.25) is 0 Å². The Balaban J connectivity index is 1.70. The van der Waals surface area contributed by atoms with Gasteiger partial charge in [0.15, 0.2) is 5.75 Å². The fourth-order valence-electron chi connectivity index (χ4n) is 4.25. The van der Waals surface area contributed by atoms with Gasteiger partial charge in [-0.15, -0.1) is 0 Å². The molecule has 3 aromatic rings. The van der Waals surface area contributed by atoms with Crippen LogP contribution in [0, 0.1) is 11.2 Å². The molecule has 1 heterocycles. The molecule has 41 heavy (non-hydrogen) atoms. The number of rotatable bonds is 8. The lowest BCUT2D eigenvalue weighted by molar-refractivity contribution is -0.143. The second kappa shape index (κ2) is 11.0. The number of amides is 1. The van der Waals surface area contributed by atoms with Crippen LogP contribution in [0.4, 0.5) is 41.2 Å². The minimum atomic E-state index is -5.33. The number of nitrogens with zero attached hydrogens (tertiary/aromatic N) is 4. The van der Waals surface area contributed by atoms with Gasteiger partial charge in [0.05, 0.1) is 23.9 Å². The summed E-state index contributed by atoms with van der Waals surface area (Å²) in [4.78, 5) is 15.3. The molecule has 14 heteroatoms. The predicted molar refractivity (Wildman–Crippen MR) is 134 cm³/mol. The van der Waals surface area contributed by atoms with Gasteiger partial charge < -0.3 is 9.84 Å². The molecular formula is C27H27F7N4O3. The van der Waals surface area contributed by atoms with E-state index in [1.54, 1.807) is 11.9 Å². The number of aliphatic hydroxyl groups is 1. The summed E-state index contributed by atoms with van der Waals surface area (Å²) in [6.45, 7) is 2.39. The summed E-state index contributed by atoms with van der Waals surface area (Å²) < 4.78 is 103. The Labute approximate surface area is 230 Å². The Morgan fingerprint density at radius 1 is 1.10 bits per heavy atom. The van der Waals surface area contributed by atoms with Crippen molar-refractivity contribution in [1.29, 1.82) is 0 Å². The monoisotopic (exact) mass is 588 g/mol. The first-order valence-electron chi connectivity index (χ1n) is 12.4. The standard InChI is InChI=1S/C27H27F7N4O3/c1-25(8-9-25)23(39)36(2)10-11-38-15-16(14-35-38)20-12-17(26(29,30)31)13-21(27(32,33)34)22(20)41-24(40)37(3)19-6-4-18(28)5-7-19/h4-7,12-15,23,39H,8-11H2,1-3H3. The quantitative estimate of drug-likeness (QED) is 0.243. The maximum atomic E-state index is 14.1. The molecule has 2 aromatic carbocycles. The molecule has 1 amide bonds. The molecule has 0 radical (unpaired) electrons. The number of ether oxygens (including phenoxy) is 1. The van der Waals surface area contributed by atoms with Gasteiger partial charge in [0, 0.05) is 42.0 Å². The molecular weight excluding hydrogens is 561 g/mol. The highest BCUT2D eigenvalue weighted by Crippen LogP contribution is 2.49. The second-order valence-corrected chi connectivity index (χ2v) is 10.3. The minimum Gasteiger partial charge on any atom is -0.409 e. The summed E-state index contributed by atoms with van der Waals surface area (Å²) in [5.74, 6) is -1.77. The van der Waals surface area contributed by atoms with Crippen LogP contribution in [0.3, 0.4) is 0 Å². The van der Waals surface area contributed by atoms with Crippen molar-refractivity contribution in [3.8, 4) is 16.9 Å². The summed E-state index contributed by atoms with van der Waals surface area (Å²) in [6, 6.07) is 4.72. The molecule has 1 aromatic heterocycles. The smallest absolute Gasteiger partial charge is 0.409 e. The van der Waals surface area contributed by atoms with Crippen molar-refractivity contribution >= 4 is 11.8 Å². The highest BCUT2D eigenvalue weighted by molar-refractivity contribution is 5.90. The number of benzene rings is 2. The van der Waals surface area contributed by atoms with Crippen LogP contribution in [-0.4, -0.2) is 52.7 Å². The van der Waals surface area contributed by atoms with Crippen LogP contribution in [0.5, 0.6) is 5.75 Å². The number of anilines is 1. The van der Waals surface area contributed by atoms with Crippen molar-refractivity contribution in [2.75, 3.05) is 25.5 Å². The average Bonchev–Trinajstić information content (AvgIpc) is 3.47. The number of carbonyl (C=O) groups excluding carboxylic acids is 1. The zero-order chi connectivity index (χ0) is 30.3. The van der Waals surface area contributed by atoms with Gasteiger partial charge in [-0.2, -0.15) is 31.4 Å².